The summed E-state index contributed by atoms with van der Waals surface area (Å²) in [5.74, 6) is 1.34. The first kappa shape index (κ1) is 17.1. The fourth-order valence-corrected chi connectivity index (χ4v) is 2.56. The summed E-state index contributed by atoms with van der Waals surface area (Å²) in [4.78, 5) is 25.5. The van der Waals surface area contributed by atoms with Gasteiger partial charge in [-0.05, 0) is 25.0 Å². The van der Waals surface area contributed by atoms with Gasteiger partial charge in [-0.15, -0.1) is 0 Å². The molecule has 1 aromatic carbocycles. The molecule has 0 aromatic heterocycles. The van der Waals surface area contributed by atoms with E-state index in [0.717, 1.165) is 19.3 Å². The first-order valence-corrected chi connectivity index (χ1v) is 7.84. The number of rotatable bonds is 7. The van der Waals surface area contributed by atoms with Crippen molar-refractivity contribution in [2.45, 2.75) is 26.2 Å². The van der Waals surface area contributed by atoms with Gasteiger partial charge in [-0.2, -0.15) is 0 Å². The topological polar surface area (TPSA) is 67.9 Å². The molecule has 6 heteroatoms. The maximum Gasteiger partial charge on any atom is 0.224 e. The molecule has 1 saturated carbocycles. The van der Waals surface area contributed by atoms with Crippen LogP contribution in [0.15, 0.2) is 18.2 Å². The lowest BCUT2D eigenvalue weighted by atomic mass is 9.85. The normalized spacial score (nSPS) is 13.9. The van der Waals surface area contributed by atoms with Crippen LogP contribution in [0.1, 0.15) is 26.2 Å². The van der Waals surface area contributed by atoms with Crippen molar-refractivity contribution >= 4 is 17.5 Å². The molecular weight excluding hydrogens is 296 g/mol. The predicted molar refractivity (Wildman–Crippen MR) is 87.9 cm³/mol. The Hall–Kier alpha value is -2.24. The minimum Gasteiger partial charge on any atom is -0.497 e. The van der Waals surface area contributed by atoms with Gasteiger partial charge in [0.25, 0.3) is 0 Å². The number of carbonyl (C=O) groups excluding carboxylic acids is 2. The molecule has 2 amide bonds. The average molecular weight is 320 g/mol. The van der Waals surface area contributed by atoms with Crippen LogP contribution in [0.5, 0.6) is 11.5 Å². The number of amides is 2. The highest BCUT2D eigenvalue weighted by Gasteiger charge is 2.25. The predicted octanol–water partition coefficient (Wildman–Crippen LogP) is 1.97. The number of anilines is 1. The molecule has 0 aliphatic heterocycles. The second-order valence-electron chi connectivity index (χ2n) is 5.63. The van der Waals surface area contributed by atoms with Crippen molar-refractivity contribution in [3.8, 4) is 11.5 Å². The zero-order chi connectivity index (χ0) is 16.8. The lowest BCUT2D eigenvalue weighted by molar-refractivity contribution is -0.127. The third-order valence-electron chi connectivity index (χ3n) is 4.17. The Kier molecular flexibility index (Phi) is 5.84. The van der Waals surface area contributed by atoms with E-state index >= 15 is 0 Å². The van der Waals surface area contributed by atoms with Gasteiger partial charge in [0, 0.05) is 32.0 Å². The molecule has 2 rings (SSSR count). The molecule has 0 radical (unpaired) electrons. The molecule has 23 heavy (non-hydrogen) atoms. The van der Waals surface area contributed by atoms with Gasteiger partial charge in [-0.1, -0.05) is 6.42 Å². The summed E-state index contributed by atoms with van der Waals surface area (Å²) < 4.78 is 10.5. The van der Waals surface area contributed by atoms with Gasteiger partial charge in [-0.25, -0.2) is 0 Å². The maximum absolute atomic E-state index is 12.0. The van der Waals surface area contributed by atoms with Crippen molar-refractivity contribution in [2.75, 3.05) is 32.2 Å². The van der Waals surface area contributed by atoms with E-state index in [0.29, 0.717) is 30.3 Å². The fraction of sp³-hybridized carbons (Fsp3) is 0.529. The quantitative estimate of drug-likeness (QED) is 0.834. The molecule has 126 valence electrons. The van der Waals surface area contributed by atoms with Gasteiger partial charge < -0.3 is 19.7 Å². The van der Waals surface area contributed by atoms with Gasteiger partial charge in [-0.3, -0.25) is 9.59 Å². The minimum absolute atomic E-state index is 0.0809. The second-order valence-corrected chi connectivity index (χ2v) is 5.63. The Balaban J connectivity index is 2.05. The van der Waals surface area contributed by atoms with E-state index < -0.39 is 0 Å². The standard InChI is InChI=1S/C17H24N2O4/c1-12(20)19(10-9-18-17(21)13-5-4-6-13)15-11-14(22-2)7-8-16(15)23-3/h7-8,11,13H,4-6,9-10H2,1-3H3,(H,18,21). The lowest BCUT2D eigenvalue weighted by Crippen LogP contribution is -2.41. The van der Waals surface area contributed by atoms with Gasteiger partial charge in [0.05, 0.1) is 19.9 Å². The van der Waals surface area contributed by atoms with Crippen LogP contribution in [0.25, 0.3) is 0 Å². The second kappa shape index (κ2) is 7.85. The van der Waals surface area contributed by atoms with Crippen LogP contribution in [0.2, 0.25) is 0 Å². The Labute approximate surface area is 136 Å². The van der Waals surface area contributed by atoms with Crippen molar-refractivity contribution in [1.82, 2.24) is 5.32 Å². The van der Waals surface area contributed by atoms with Crippen LogP contribution in [0.4, 0.5) is 5.69 Å². The maximum atomic E-state index is 12.0. The highest BCUT2D eigenvalue weighted by molar-refractivity contribution is 5.93. The largest absolute Gasteiger partial charge is 0.497 e. The number of carbonyl (C=O) groups is 2. The van der Waals surface area contributed by atoms with Crippen LogP contribution in [-0.2, 0) is 9.59 Å². The Morgan fingerprint density at radius 2 is 2.00 bits per heavy atom. The Bertz CT molecular complexity index is 570. The smallest absolute Gasteiger partial charge is 0.224 e. The van der Waals surface area contributed by atoms with E-state index in [9.17, 15) is 9.59 Å². The van der Waals surface area contributed by atoms with Gasteiger partial charge in [0.15, 0.2) is 0 Å². The Morgan fingerprint density at radius 3 is 2.52 bits per heavy atom. The highest BCUT2D eigenvalue weighted by atomic mass is 16.5. The number of methoxy groups -OCH3 is 2. The fourth-order valence-electron chi connectivity index (χ4n) is 2.56. The van der Waals surface area contributed by atoms with Crippen molar-refractivity contribution in [1.29, 1.82) is 0 Å². The van der Waals surface area contributed by atoms with Crippen LogP contribution in [-0.4, -0.2) is 39.1 Å². The number of benzene rings is 1. The molecule has 0 heterocycles. The summed E-state index contributed by atoms with van der Waals surface area (Å²) in [5, 5.41) is 2.90. The molecule has 0 bridgehead atoms. The zero-order valence-corrected chi connectivity index (χ0v) is 13.9. The van der Waals surface area contributed by atoms with Crippen LogP contribution in [0, 0.1) is 5.92 Å². The van der Waals surface area contributed by atoms with Crippen LogP contribution < -0.4 is 19.7 Å². The summed E-state index contributed by atoms with van der Waals surface area (Å²) in [5.41, 5.74) is 0.636. The van der Waals surface area contributed by atoms with E-state index in [-0.39, 0.29) is 17.7 Å². The third kappa shape index (κ3) is 4.15. The summed E-state index contributed by atoms with van der Waals surface area (Å²) >= 11 is 0. The molecule has 1 N–H and O–H groups in total. The SMILES string of the molecule is COc1ccc(OC)c(N(CCNC(=O)C2CCC2)C(C)=O)c1. The molecule has 1 fully saturated rings. The number of nitrogens with zero attached hydrogens (tertiary/aromatic N) is 1. The summed E-state index contributed by atoms with van der Waals surface area (Å²) in [6.07, 6.45) is 3.05. The molecule has 0 saturated heterocycles. The molecule has 6 nitrogen and oxygen atoms in total. The summed E-state index contributed by atoms with van der Waals surface area (Å²) in [7, 11) is 3.13. The molecule has 0 spiro atoms. The number of ether oxygens (including phenoxy) is 2. The van der Waals surface area contributed by atoms with Gasteiger partial charge in [0.2, 0.25) is 11.8 Å². The molecule has 0 atom stereocenters. The lowest BCUT2D eigenvalue weighted by Gasteiger charge is -2.26. The minimum atomic E-state index is -0.116. The van der Waals surface area contributed by atoms with Crippen molar-refractivity contribution in [3.63, 3.8) is 0 Å². The van der Waals surface area contributed by atoms with E-state index in [1.807, 2.05) is 0 Å². The van der Waals surface area contributed by atoms with Crippen molar-refractivity contribution < 1.29 is 19.1 Å². The van der Waals surface area contributed by atoms with E-state index in [4.69, 9.17) is 9.47 Å². The average Bonchev–Trinajstić information content (AvgIpc) is 2.48. The monoisotopic (exact) mass is 320 g/mol. The van der Waals surface area contributed by atoms with E-state index in [1.54, 1.807) is 37.3 Å². The first-order valence-electron chi connectivity index (χ1n) is 7.84. The summed E-state index contributed by atoms with van der Waals surface area (Å²) in [6.45, 7) is 2.29. The van der Waals surface area contributed by atoms with Crippen LogP contribution >= 0.6 is 0 Å². The molecular formula is C17H24N2O4. The first-order chi connectivity index (χ1) is 11.1. The number of hydrogen-bond donors (Lipinski definition) is 1. The number of hydrogen-bond acceptors (Lipinski definition) is 4. The van der Waals surface area contributed by atoms with Crippen LogP contribution in [0.3, 0.4) is 0 Å². The van der Waals surface area contributed by atoms with E-state index in [1.165, 1.54) is 6.92 Å². The molecule has 0 unspecified atom stereocenters. The molecule has 1 aromatic rings. The van der Waals surface area contributed by atoms with Gasteiger partial charge in [0.1, 0.15) is 11.5 Å². The molecule has 1 aliphatic carbocycles. The number of nitrogens with one attached hydrogen (secondary N) is 1. The highest BCUT2D eigenvalue weighted by Crippen LogP contribution is 2.32. The Morgan fingerprint density at radius 1 is 1.26 bits per heavy atom. The third-order valence-corrected chi connectivity index (χ3v) is 4.17. The summed E-state index contributed by atoms with van der Waals surface area (Å²) in [6, 6.07) is 5.30. The van der Waals surface area contributed by atoms with Gasteiger partial charge >= 0.3 is 0 Å². The zero-order valence-electron chi connectivity index (χ0n) is 13.9. The van der Waals surface area contributed by atoms with Crippen molar-refractivity contribution in [2.24, 2.45) is 5.92 Å². The molecule has 1 aliphatic rings. The van der Waals surface area contributed by atoms with E-state index in [2.05, 4.69) is 5.32 Å². The van der Waals surface area contributed by atoms with Crippen molar-refractivity contribution in [3.05, 3.63) is 18.2 Å².